The maximum atomic E-state index is 14.5. The molecule has 0 N–H and O–H groups in total. The number of furan rings is 1. The number of carbonyl (C=O) groups excluding carboxylic acids is 1. The van der Waals surface area contributed by atoms with Crippen molar-refractivity contribution in [3.8, 4) is 0 Å². The van der Waals surface area contributed by atoms with Crippen molar-refractivity contribution in [2.24, 2.45) is 17.3 Å². The zero-order valence-electron chi connectivity index (χ0n) is 22.9. The van der Waals surface area contributed by atoms with Crippen LogP contribution in [0.1, 0.15) is 45.3 Å². The van der Waals surface area contributed by atoms with E-state index in [1.807, 2.05) is 12.1 Å². The number of fused-ring (bicyclic) bond motifs is 3. The van der Waals surface area contributed by atoms with E-state index in [1.54, 1.807) is 48.5 Å². The summed E-state index contributed by atoms with van der Waals surface area (Å²) in [6.07, 6.45) is -8.78. The maximum Gasteiger partial charge on any atom is 0.413 e. The van der Waals surface area contributed by atoms with Gasteiger partial charge in [-0.1, -0.05) is 69.0 Å². The van der Waals surface area contributed by atoms with Gasteiger partial charge in [0.15, 0.2) is 0 Å². The van der Waals surface area contributed by atoms with Crippen LogP contribution in [0.15, 0.2) is 88.9 Å². The van der Waals surface area contributed by atoms with Crippen LogP contribution in [0.4, 0.5) is 26.3 Å². The summed E-state index contributed by atoms with van der Waals surface area (Å²) in [4.78, 5) is 13.3. The minimum absolute atomic E-state index is 0.0376. The van der Waals surface area contributed by atoms with E-state index < -0.39 is 46.7 Å². The van der Waals surface area contributed by atoms with Crippen LogP contribution in [0, 0.1) is 17.3 Å². The van der Waals surface area contributed by atoms with Crippen LogP contribution in [-0.2, 0) is 11.3 Å². The minimum Gasteiger partial charge on any atom is -0.457 e. The summed E-state index contributed by atoms with van der Waals surface area (Å²) in [5.74, 6) is -3.90. The Hall–Kier alpha value is -4.05. The van der Waals surface area contributed by atoms with E-state index in [9.17, 15) is 31.1 Å². The molecule has 10 heteroatoms. The van der Waals surface area contributed by atoms with Gasteiger partial charge in [0.2, 0.25) is 0 Å². The van der Waals surface area contributed by atoms with Gasteiger partial charge in [0.1, 0.15) is 22.8 Å². The van der Waals surface area contributed by atoms with Crippen LogP contribution >= 0.6 is 11.3 Å². The van der Waals surface area contributed by atoms with Gasteiger partial charge in [-0.25, -0.2) is 4.79 Å². The third-order valence-electron chi connectivity index (χ3n) is 8.18. The Morgan fingerprint density at radius 1 is 0.930 bits per heavy atom. The van der Waals surface area contributed by atoms with Crippen molar-refractivity contribution >= 4 is 45.5 Å². The fraction of sp³-hybridized carbons (Fsp3) is 0.242. The molecule has 0 aliphatic heterocycles. The number of benzene rings is 2. The van der Waals surface area contributed by atoms with Crippen LogP contribution in [0.25, 0.3) is 28.2 Å². The molecular weight excluding hydrogens is 590 g/mol. The molecule has 2 unspecified atom stereocenters. The molecule has 0 amide bonds. The van der Waals surface area contributed by atoms with Crippen molar-refractivity contribution in [3.05, 3.63) is 111 Å². The first-order chi connectivity index (χ1) is 20.2. The predicted molar refractivity (Wildman–Crippen MR) is 153 cm³/mol. The SMILES string of the molecule is C=Cc1ccc(COC(=O)c2ccc(C3=C(c4cc5ccccc5o4)C4C(C(F)(F)F)=C(C(F)(F)F)C3C4(C)C)s2)cc1. The fourth-order valence-electron chi connectivity index (χ4n) is 6.42. The molecule has 2 heterocycles. The quantitative estimate of drug-likeness (QED) is 0.123. The van der Waals surface area contributed by atoms with Gasteiger partial charge < -0.3 is 9.15 Å². The van der Waals surface area contributed by atoms with Crippen molar-refractivity contribution in [3.63, 3.8) is 0 Å². The number of rotatable bonds is 6. The molecule has 2 atom stereocenters. The average molecular weight is 615 g/mol. The first-order valence-corrected chi connectivity index (χ1v) is 14.1. The van der Waals surface area contributed by atoms with Gasteiger partial charge in [0, 0.05) is 33.2 Å². The summed E-state index contributed by atoms with van der Waals surface area (Å²) >= 11 is 0.888. The van der Waals surface area contributed by atoms with E-state index >= 15 is 0 Å². The number of thiophene rings is 1. The smallest absolute Gasteiger partial charge is 0.413 e. The van der Waals surface area contributed by atoms with Crippen LogP contribution in [0.5, 0.6) is 0 Å². The summed E-state index contributed by atoms with van der Waals surface area (Å²) in [5, 5.41) is 0.607. The second-order valence-electron chi connectivity index (χ2n) is 11.2. The zero-order chi connectivity index (χ0) is 30.9. The van der Waals surface area contributed by atoms with Crippen molar-refractivity contribution in [2.75, 3.05) is 0 Å². The molecule has 4 aromatic rings. The monoisotopic (exact) mass is 614 g/mol. The molecule has 2 aliphatic carbocycles. The molecular formula is C33H24F6O3S. The Bertz CT molecular complexity index is 1780. The molecule has 2 bridgehead atoms. The van der Waals surface area contributed by atoms with Crippen LogP contribution in [0.2, 0.25) is 0 Å². The lowest BCUT2D eigenvalue weighted by Gasteiger charge is -2.29. The van der Waals surface area contributed by atoms with Gasteiger partial charge in [0.05, 0.1) is 5.57 Å². The average Bonchev–Trinajstić information content (AvgIpc) is 3.70. The molecule has 2 aromatic heterocycles. The Kier molecular flexibility index (Phi) is 6.76. The number of carbonyl (C=O) groups is 1. The molecule has 0 spiro atoms. The lowest BCUT2D eigenvalue weighted by atomic mass is 9.75. The van der Waals surface area contributed by atoms with Crippen LogP contribution in [-0.4, -0.2) is 18.3 Å². The molecule has 2 aromatic carbocycles. The van der Waals surface area contributed by atoms with Crippen molar-refractivity contribution in [1.29, 1.82) is 0 Å². The summed E-state index contributed by atoms with van der Waals surface area (Å²) in [5.41, 5.74) is -2.52. The lowest BCUT2D eigenvalue weighted by Crippen LogP contribution is -2.27. The lowest BCUT2D eigenvalue weighted by molar-refractivity contribution is -0.117. The number of ether oxygens (including phenoxy) is 1. The summed E-state index contributed by atoms with van der Waals surface area (Å²) in [7, 11) is 0. The normalized spacial score (nSPS) is 19.9. The van der Waals surface area contributed by atoms with Crippen LogP contribution < -0.4 is 0 Å². The molecule has 0 saturated carbocycles. The molecule has 43 heavy (non-hydrogen) atoms. The number of esters is 1. The highest BCUT2D eigenvalue weighted by Gasteiger charge is 2.68. The standard InChI is InChI=1S/C33H24F6O3S/c1-4-17-9-11-18(12-10-17)16-41-30(40)23-14-13-22(43-23)25-24(21-15-19-7-5-6-8-20(19)42-21)26-28(32(34,35)36)29(33(37,38)39)27(25)31(26,2)3/h4-15,26-27H,1,16H2,2-3H3. The van der Waals surface area contributed by atoms with E-state index in [0.717, 1.165) is 22.5 Å². The number of hydrogen-bond acceptors (Lipinski definition) is 4. The molecule has 0 radical (unpaired) electrons. The molecule has 3 nitrogen and oxygen atoms in total. The van der Waals surface area contributed by atoms with E-state index in [4.69, 9.17) is 9.15 Å². The summed E-state index contributed by atoms with van der Waals surface area (Å²) < 4.78 is 98.3. The number of para-hydroxylation sites is 1. The highest BCUT2D eigenvalue weighted by atomic mass is 32.1. The van der Waals surface area contributed by atoms with Gasteiger partial charge in [-0.05, 0) is 46.4 Å². The van der Waals surface area contributed by atoms with Crippen molar-refractivity contribution < 1.29 is 40.3 Å². The highest BCUT2D eigenvalue weighted by molar-refractivity contribution is 7.15. The molecule has 0 saturated heterocycles. The molecule has 222 valence electrons. The summed E-state index contributed by atoms with van der Waals surface area (Å²) in [6.45, 7) is 6.49. The Balaban J connectivity index is 1.45. The Morgan fingerprint density at radius 3 is 2.16 bits per heavy atom. The molecule has 2 aliphatic rings. The van der Waals surface area contributed by atoms with Crippen molar-refractivity contribution in [2.45, 2.75) is 32.8 Å². The second kappa shape index (κ2) is 10.0. The molecule has 0 fully saturated rings. The number of alkyl halides is 6. The van der Waals surface area contributed by atoms with E-state index in [2.05, 4.69) is 6.58 Å². The zero-order valence-corrected chi connectivity index (χ0v) is 23.7. The number of allylic oxidation sites excluding steroid dienone is 4. The Morgan fingerprint density at radius 2 is 1.56 bits per heavy atom. The van der Waals surface area contributed by atoms with Gasteiger partial charge in [-0.2, -0.15) is 26.3 Å². The first-order valence-electron chi connectivity index (χ1n) is 13.3. The largest absolute Gasteiger partial charge is 0.457 e. The number of halogens is 6. The Labute approximate surface area is 246 Å². The second-order valence-corrected chi connectivity index (χ2v) is 12.3. The molecule has 6 rings (SSSR count). The van der Waals surface area contributed by atoms with E-state index in [-0.39, 0.29) is 33.3 Å². The third kappa shape index (κ3) is 4.81. The maximum absolute atomic E-state index is 14.5. The fourth-order valence-corrected chi connectivity index (χ4v) is 7.41. The minimum atomic E-state index is -5.23. The van der Waals surface area contributed by atoms with Gasteiger partial charge in [-0.3, -0.25) is 0 Å². The predicted octanol–water partition coefficient (Wildman–Crippen LogP) is 10.1. The van der Waals surface area contributed by atoms with Gasteiger partial charge >= 0.3 is 18.3 Å². The van der Waals surface area contributed by atoms with Crippen molar-refractivity contribution in [1.82, 2.24) is 0 Å². The van der Waals surface area contributed by atoms with E-state index in [1.165, 1.54) is 26.0 Å². The number of hydrogen-bond donors (Lipinski definition) is 0. The topological polar surface area (TPSA) is 39.4 Å². The van der Waals surface area contributed by atoms with Crippen LogP contribution in [0.3, 0.4) is 0 Å². The van der Waals surface area contributed by atoms with Gasteiger partial charge in [-0.15, -0.1) is 11.3 Å². The van der Waals surface area contributed by atoms with E-state index in [0.29, 0.717) is 11.0 Å². The first kappa shape index (κ1) is 29.0. The van der Waals surface area contributed by atoms with Gasteiger partial charge in [0.25, 0.3) is 0 Å². The summed E-state index contributed by atoms with van der Waals surface area (Å²) in [6, 6.07) is 18.4. The third-order valence-corrected chi connectivity index (χ3v) is 9.28. The highest BCUT2D eigenvalue weighted by Crippen LogP contribution is 2.72.